The molecule has 0 aliphatic carbocycles. The van der Waals surface area contributed by atoms with E-state index < -0.39 is 17.9 Å². The van der Waals surface area contributed by atoms with Crippen LogP contribution in [0.3, 0.4) is 0 Å². The molecule has 2 fully saturated rings. The number of nitrogens with zero attached hydrogens (tertiary/aromatic N) is 1. The van der Waals surface area contributed by atoms with Crippen LogP contribution in [-0.2, 0) is 20.7 Å². The first-order chi connectivity index (χ1) is 17.4. The van der Waals surface area contributed by atoms with Gasteiger partial charge in [0, 0.05) is 12.1 Å². The predicted molar refractivity (Wildman–Crippen MR) is 131 cm³/mol. The number of rotatable bonds is 7. The Morgan fingerprint density at radius 1 is 1.06 bits per heavy atom. The number of primary amides is 1. The molecule has 3 unspecified atom stereocenters. The maximum Gasteiger partial charge on any atom is 0.249 e. The van der Waals surface area contributed by atoms with Gasteiger partial charge in [-0.15, -0.1) is 0 Å². The molecular formula is C28H26N2O6. The minimum absolute atomic E-state index is 0.00528. The molecule has 3 N–H and O–H groups in total. The average molecular weight is 487 g/mol. The number of aromatic hydroxyl groups is 1. The monoisotopic (exact) mass is 486 g/mol. The highest BCUT2D eigenvalue weighted by molar-refractivity contribution is 5.99. The van der Waals surface area contributed by atoms with Gasteiger partial charge in [0.25, 0.3) is 0 Å². The van der Waals surface area contributed by atoms with Gasteiger partial charge in [0.1, 0.15) is 29.9 Å². The molecule has 8 nitrogen and oxygen atoms in total. The molecule has 0 aromatic heterocycles. The molecule has 8 heteroatoms. The van der Waals surface area contributed by atoms with Crippen LogP contribution in [0.25, 0.3) is 0 Å². The third-order valence-electron chi connectivity index (χ3n) is 6.71. The normalized spacial score (nSPS) is 19.7. The van der Waals surface area contributed by atoms with Gasteiger partial charge >= 0.3 is 0 Å². The van der Waals surface area contributed by atoms with Crippen LogP contribution in [0.4, 0.5) is 0 Å². The van der Waals surface area contributed by atoms with E-state index in [2.05, 4.69) is 0 Å². The molecule has 0 saturated carbocycles. The van der Waals surface area contributed by atoms with Gasteiger partial charge in [-0.2, -0.15) is 0 Å². The average Bonchev–Trinajstić information content (AvgIpc) is 3.47. The van der Waals surface area contributed by atoms with Gasteiger partial charge in [0.15, 0.2) is 5.78 Å². The molecule has 2 saturated heterocycles. The highest BCUT2D eigenvalue weighted by atomic mass is 16.5. The number of para-hydroxylation sites is 1. The predicted octanol–water partition coefficient (Wildman–Crippen LogP) is 3.18. The second-order valence-corrected chi connectivity index (χ2v) is 9.03. The van der Waals surface area contributed by atoms with E-state index in [9.17, 15) is 19.5 Å². The summed E-state index contributed by atoms with van der Waals surface area (Å²) in [6.45, 7) is 0.382. The highest BCUT2D eigenvalue weighted by Gasteiger charge is 2.48. The number of nitrogens with two attached hydrogens (primary N) is 1. The molecule has 0 spiro atoms. The molecule has 3 atom stereocenters. The second kappa shape index (κ2) is 9.83. The van der Waals surface area contributed by atoms with E-state index in [4.69, 9.17) is 15.2 Å². The number of hydrogen-bond donors (Lipinski definition) is 2. The van der Waals surface area contributed by atoms with E-state index in [0.29, 0.717) is 30.0 Å². The second-order valence-electron chi connectivity index (χ2n) is 9.03. The molecule has 2 amide bonds. The Bertz CT molecular complexity index is 1290. The smallest absolute Gasteiger partial charge is 0.249 e. The molecule has 5 rings (SSSR count). The summed E-state index contributed by atoms with van der Waals surface area (Å²) in [5.41, 5.74) is 7.12. The van der Waals surface area contributed by atoms with Crippen LogP contribution in [0.2, 0.25) is 0 Å². The molecule has 3 aromatic carbocycles. The number of carbonyl (C=O) groups is 3. The fourth-order valence-electron chi connectivity index (χ4n) is 4.98. The largest absolute Gasteiger partial charge is 0.508 e. The first-order valence-electron chi connectivity index (χ1n) is 11.8. The van der Waals surface area contributed by atoms with Gasteiger partial charge < -0.3 is 25.2 Å². The maximum atomic E-state index is 14.0. The molecular weight excluding hydrogens is 460 g/mol. The lowest BCUT2D eigenvalue weighted by atomic mass is 9.86. The molecule has 184 valence electrons. The van der Waals surface area contributed by atoms with Crippen molar-refractivity contribution in [3.05, 3.63) is 89.5 Å². The van der Waals surface area contributed by atoms with E-state index in [1.54, 1.807) is 59.5 Å². The lowest BCUT2D eigenvalue weighted by molar-refractivity contribution is -0.137. The number of hydrogen-bond acceptors (Lipinski definition) is 6. The lowest BCUT2D eigenvalue weighted by Crippen LogP contribution is -2.44. The van der Waals surface area contributed by atoms with Crippen molar-refractivity contribution >= 4 is 17.6 Å². The van der Waals surface area contributed by atoms with Crippen LogP contribution in [0.5, 0.6) is 17.2 Å². The van der Waals surface area contributed by atoms with Crippen molar-refractivity contribution in [3.63, 3.8) is 0 Å². The van der Waals surface area contributed by atoms with Gasteiger partial charge in [-0.1, -0.05) is 30.3 Å². The maximum absolute atomic E-state index is 14.0. The number of phenolic OH excluding ortho intramolecular Hbond substituents is 1. The molecule has 3 aromatic rings. The van der Waals surface area contributed by atoms with Crippen molar-refractivity contribution in [2.24, 2.45) is 5.73 Å². The van der Waals surface area contributed by atoms with E-state index in [-0.39, 0.29) is 42.1 Å². The molecule has 2 aliphatic rings. The third kappa shape index (κ3) is 4.67. The van der Waals surface area contributed by atoms with Crippen LogP contribution in [0, 0.1) is 0 Å². The van der Waals surface area contributed by atoms with E-state index in [0.717, 1.165) is 5.56 Å². The Morgan fingerprint density at radius 3 is 2.53 bits per heavy atom. The van der Waals surface area contributed by atoms with Gasteiger partial charge in [0.05, 0.1) is 12.0 Å². The number of ether oxygens (including phenoxy) is 2. The first-order valence-corrected chi connectivity index (χ1v) is 11.8. The van der Waals surface area contributed by atoms with Crippen LogP contribution in [-0.4, -0.2) is 52.9 Å². The van der Waals surface area contributed by atoms with Gasteiger partial charge in [0.2, 0.25) is 11.8 Å². The lowest BCUT2D eigenvalue weighted by Gasteiger charge is -2.28. The number of phenols is 1. The van der Waals surface area contributed by atoms with Crippen molar-refractivity contribution in [3.8, 4) is 17.2 Å². The molecule has 0 radical (unpaired) electrons. The van der Waals surface area contributed by atoms with Crippen molar-refractivity contribution in [2.45, 2.75) is 30.9 Å². The summed E-state index contributed by atoms with van der Waals surface area (Å²) in [6.07, 6.45) is 0.504. The van der Waals surface area contributed by atoms with Gasteiger partial charge in [-0.05, 0) is 66.4 Å². The van der Waals surface area contributed by atoms with Gasteiger partial charge in [-0.25, -0.2) is 0 Å². The topological polar surface area (TPSA) is 119 Å². The standard InChI is InChI=1S/C28H26N2O6/c29-27(33)21-11-10-20(36-19-4-2-1-3-5-19)15-22(21)23(14-17-6-8-18(31)9-7-17)28(34)30-13-12-25-26(30)24(32)16-35-25/h1-11,15,23,25-26,31H,12-14,16H2,(H2,29,33). The van der Waals surface area contributed by atoms with Crippen molar-refractivity contribution < 1.29 is 29.0 Å². The Labute approximate surface area is 208 Å². The van der Waals surface area contributed by atoms with Crippen molar-refractivity contribution in [2.75, 3.05) is 13.2 Å². The van der Waals surface area contributed by atoms with E-state index >= 15 is 0 Å². The zero-order valence-electron chi connectivity index (χ0n) is 19.5. The number of likely N-dealkylation sites (tertiary alicyclic amines) is 1. The third-order valence-corrected chi connectivity index (χ3v) is 6.71. The zero-order valence-corrected chi connectivity index (χ0v) is 19.5. The fraction of sp³-hybridized carbons (Fsp3) is 0.250. The molecule has 0 bridgehead atoms. The molecule has 2 heterocycles. The van der Waals surface area contributed by atoms with Gasteiger partial charge in [-0.3, -0.25) is 14.4 Å². The van der Waals surface area contributed by atoms with E-state index in [1.165, 1.54) is 0 Å². The SMILES string of the molecule is NC(=O)c1ccc(Oc2ccccc2)cc1C(Cc1ccc(O)cc1)C(=O)N1CCC2OCC(=O)C21. The Balaban J connectivity index is 1.56. The summed E-state index contributed by atoms with van der Waals surface area (Å²) in [5.74, 6) is -0.729. The van der Waals surface area contributed by atoms with Crippen LogP contribution >= 0.6 is 0 Å². The number of ketones is 1. The number of benzene rings is 3. The molecule has 2 aliphatic heterocycles. The molecule has 36 heavy (non-hydrogen) atoms. The fourth-order valence-corrected chi connectivity index (χ4v) is 4.98. The minimum atomic E-state index is -0.816. The summed E-state index contributed by atoms with van der Waals surface area (Å²) in [5, 5.41) is 9.71. The summed E-state index contributed by atoms with van der Waals surface area (Å²) < 4.78 is 11.5. The number of Topliss-reactive ketones (excluding diaryl/α,β-unsaturated/α-hetero) is 1. The number of carbonyl (C=O) groups excluding carboxylic acids is 3. The minimum Gasteiger partial charge on any atom is -0.508 e. The summed E-state index contributed by atoms with van der Waals surface area (Å²) in [6, 6.07) is 19.9. The Hall–Kier alpha value is -4.17. The number of amides is 2. The summed E-state index contributed by atoms with van der Waals surface area (Å²) >= 11 is 0. The van der Waals surface area contributed by atoms with Crippen LogP contribution in [0.15, 0.2) is 72.8 Å². The summed E-state index contributed by atoms with van der Waals surface area (Å²) in [4.78, 5) is 40.5. The van der Waals surface area contributed by atoms with Crippen molar-refractivity contribution in [1.29, 1.82) is 0 Å². The quantitative estimate of drug-likeness (QED) is 0.530. The van der Waals surface area contributed by atoms with Crippen LogP contribution < -0.4 is 10.5 Å². The Morgan fingerprint density at radius 2 is 1.81 bits per heavy atom. The number of fused-ring (bicyclic) bond motifs is 1. The van der Waals surface area contributed by atoms with E-state index in [1.807, 2.05) is 18.2 Å². The van der Waals surface area contributed by atoms with Crippen molar-refractivity contribution in [1.82, 2.24) is 4.90 Å². The van der Waals surface area contributed by atoms with Crippen LogP contribution in [0.1, 0.15) is 33.8 Å². The first kappa shape index (κ1) is 23.6. The zero-order chi connectivity index (χ0) is 25.2. The highest BCUT2D eigenvalue weighted by Crippen LogP contribution is 2.35. The summed E-state index contributed by atoms with van der Waals surface area (Å²) in [7, 11) is 0. The Kier molecular flexibility index (Phi) is 6.43.